The molecule has 1 heterocycles. The van der Waals surface area contributed by atoms with Crippen molar-refractivity contribution in [2.45, 2.75) is 24.3 Å². The lowest BCUT2D eigenvalue weighted by atomic mass is 9.95. The maximum atomic E-state index is 12.5. The minimum absolute atomic E-state index is 0.0275. The van der Waals surface area contributed by atoms with Crippen molar-refractivity contribution < 1.29 is 13.3 Å². The summed E-state index contributed by atoms with van der Waals surface area (Å²) in [6.45, 7) is 2.53. The van der Waals surface area contributed by atoms with E-state index in [1.165, 1.54) is 30.7 Å². The van der Waals surface area contributed by atoms with Crippen molar-refractivity contribution in [2.24, 2.45) is 0 Å². The zero-order valence-corrected chi connectivity index (χ0v) is 14.5. The summed E-state index contributed by atoms with van der Waals surface area (Å²) in [5.41, 5.74) is 2.53. The average molecular weight is 361 g/mol. The lowest BCUT2D eigenvalue weighted by molar-refractivity contribution is -0.385. The summed E-state index contributed by atoms with van der Waals surface area (Å²) in [5.74, 6) is 0. The van der Waals surface area contributed by atoms with E-state index < -0.39 is 14.9 Å². The van der Waals surface area contributed by atoms with E-state index in [4.69, 9.17) is 0 Å². The van der Waals surface area contributed by atoms with Crippen LogP contribution in [0.25, 0.3) is 0 Å². The number of nitrogens with one attached hydrogen (secondary N) is 2. The average Bonchev–Trinajstić information content (AvgIpc) is 2.59. The van der Waals surface area contributed by atoms with Crippen molar-refractivity contribution in [3.05, 3.63) is 69.3 Å². The molecule has 2 N–H and O–H groups in total. The van der Waals surface area contributed by atoms with Crippen molar-refractivity contribution in [2.75, 3.05) is 13.1 Å². The zero-order valence-electron chi connectivity index (χ0n) is 13.7. The summed E-state index contributed by atoms with van der Waals surface area (Å²) in [7, 11) is -3.74. The molecule has 25 heavy (non-hydrogen) atoms. The van der Waals surface area contributed by atoms with Crippen LogP contribution in [0.4, 0.5) is 5.69 Å². The third-order valence-electron chi connectivity index (χ3n) is 4.37. The van der Waals surface area contributed by atoms with Crippen LogP contribution in [-0.2, 0) is 16.4 Å². The molecule has 3 rings (SSSR count). The largest absolute Gasteiger partial charge is 0.308 e. The van der Waals surface area contributed by atoms with Gasteiger partial charge in [-0.15, -0.1) is 0 Å². The maximum absolute atomic E-state index is 12.5. The fraction of sp³-hybridized carbons (Fsp3) is 0.294. The molecule has 1 unspecified atom stereocenters. The van der Waals surface area contributed by atoms with Gasteiger partial charge in [-0.05, 0) is 43.1 Å². The second kappa shape index (κ2) is 6.91. The van der Waals surface area contributed by atoms with E-state index in [-0.39, 0.29) is 23.2 Å². The highest BCUT2D eigenvalue weighted by molar-refractivity contribution is 7.89. The van der Waals surface area contributed by atoms with Gasteiger partial charge in [-0.1, -0.05) is 24.3 Å². The van der Waals surface area contributed by atoms with E-state index in [0.717, 1.165) is 18.5 Å². The predicted octanol–water partition coefficient (Wildman–Crippen LogP) is 2.07. The molecule has 132 valence electrons. The summed E-state index contributed by atoms with van der Waals surface area (Å²) in [5, 5.41) is 14.2. The number of benzene rings is 2. The number of hydrogen-bond acceptors (Lipinski definition) is 5. The van der Waals surface area contributed by atoms with Crippen LogP contribution < -0.4 is 10.0 Å². The fourth-order valence-electron chi connectivity index (χ4n) is 3.05. The molecule has 0 aliphatic carbocycles. The molecule has 0 fully saturated rings. The van der Waals surface area contributed by atoms with E-state index in [2.05, 4.69) is 16.1 Å². The van der Waals surface area contributed by atoms with Crippen LogP contribution in [0.2, 0.25) is 0 Å². The highest BCUT2D eigenvalue weighted by Crippen LogP contribution is 2.24. The minimum Gasteiger partial charge on any atom is -0.308 e. The van der Waals surface area contributed by atoms with Crippen molar-refractivity contribution in [3.8, 4) is 0 Å². The number of nitrogens with zero attached hydrogens (tertiary/aromatic N) is 1. The van der Waals surface area contributed by atoms with E-state index in [0.29, 0.717) is 5.56 Å². The monoisotopic (exact) mass is 361 g/mol. The van der Waals surface area contributed by atoms with Gasteiger partial charge in [0.05, 0.1) is 9.82 Å². The van der Waals surface area contributed by atoms with Gasteiger partial charge in [0.25, 0.3) is 5.69 Å². The molecular formula is C17H19N3O4S. The predicted molar refractivity (Wildman–Crippen MR) is 93.9 cm³/mol. The van der Waals surface area contributed by atoms with Gasteiger partial charge in [0, 0.05) is 24.2 Å². The Hall–Kier alpha value is -2.29. The van der Waals surface area contributed by atoms with Crippen LogP contribution in [0.5, 0.6) is 0 Å². The Morgan fingerprint density at radius 3 is 2.76 bits per heavy atom. The Balaban J connectivity index is 1.77. The second-order valence-electron chi connectivity index (χ2n) is 6.01. The molecule has 2 aromatic carbocycles. The number of hydrogen-bond donors (Lipinski definition) is 2. The lowest BCUT2D eigenvalue weighted by Gasteiger charge is -2.27. The van der Waals surface area contributed by atoms with Crippen LogP contribution in [0.15, 0.2) is 47.4 Å². The molecule has 1 atom stereocenters. The fourth-order valence-corrected chi connectivity index (χ4v) is 4.18. The lowest BCUT2D eigenvalue weighted by Crippen LogP contribution is -2.38. The first-order valence-corrected chi connectivity index (χ1v) is 9.43. The first-order valence-electron chi connectivity index (χ1n) is 7.94. The van der Waals surface area contributed by atoms with Crippen LogP contribution in [-0.4, -0.2) is 26.4 Å². The Morgan fingerprint density at radius 1 is 1.28 bits per heavy atom. The quantitative estimate of drug-likeness (QED) is 0.627. The third-order valence-corrected chi connectivity index (χ3v) is 5.79. The molecule has 0 saturated heterocycles. The molecule has 0 radical (unpaired) electrons. The van der Waals surface area contributed by atoms with Gasteiger partial charge in [0.2, 0.25) is 10.0 Å². The standard InChI is InChI=1S/C17H19N3O4S/c1-12-10-14(6-7-17(12)20(21)22)25(23,24)19-11-16-15-5-3-2-4-13(15)8-9-18-16/h2-7,10,16,18-19H,8-9,11H2,1H3. The van der Waals surface area contributed by atoms with E-state index >= 15 is 0 Å². The molecule has 0 bridgehead atoms. The van der Waals surface area contributed by atoms with Gasteiger partial charge in [-0.3, -0.25) is 10.1 Å². The Kier molecular flexibility index (Phi) is 4.85. The minimum atomic E-state index is -3.74. The highest BCUT2D eigenvalue weighted by Gasteiger charge is 2.23. The number of rotatable bonds is 5. The van der Waals surface area contributed by atoms with E-state index in [1.807, 2.05) is 18.2 Å². The Morgan fingerprint density at radius 2 is 2.04 bits per heavy atom. The van der Waals surface area contributed by atoms with Crippen LogP contribution in [0.3, 0.4) is 0 Å². The van der Waals surface area contributed by atoms with Crippen molar-refractivity contribution in [1.29, 1.82) is 0 Å². The molecule has 0 spiro atoms. The zero-order chi connectivity index (χ0) is 18.0. The summed E-state index contributed by atoms with van der Waals surface area (Å²) in [4.78, 5) is 10.4. The molecule has 0 saturated carbocycles. The third kappa shape index (κ3) is 3.71. The smallest absolute Gasteiger partial charge is 0.272 e. The van der Waals surface area contributed by atoms with Crippen molar-refractivity contribution in [1.82, 2.24) is 10.0 Å². The maximum Gasteiger partial charge on any atom is 0.272 e. The SMILES string of the molecule is Cc1cc(S(=O)(=O)NCC2NCCc3ccccc32)ccc1[N+](=O)[O-]. The first-order chi connectivity index (χ1) is 11.9. The molecule has 7 nitrogen and oxygen atoms in total. The summed E-state index contributed by atoms with van der Waals surface area (Å²) in [6.07, 6.45) is 0.918. The molecule has 1 aliphatic rings. The molecular weight excluding hydrogens is 342 g/mol. The van der Waals surface area contributed by atoms with Gasteiger partial charge in [-0.25, -0.2) is 13.1 Å². The topological polar surface area (TPSA) is 101 Å². The van der Waals surface area contributed by atoms with Gasteiger partial charge in [0.1, 0.15) is 0 Å². The summed E-state index contributed by atoms with van der Waals surface area (Å²) < 4.78 is 27.6. The number of sulfonamides is 1. The van der Waals surface area contributed by atoms with Gasteiger partial charge in [-0.2, -0.15) is 0 Å². The normalized spacial score (nSPS) is 17.1. The summed E-state index contributed by atoms with van der Waals surface area (Å²) >= 11 is 0. The van der Waals surface area contributed by atoms with E-state index in [9.17, 15) is 18.5 Å². The number of aryl methyl sites for hydroxylation is 1. The number of nitro groups is 1. The number of fused-ring (bicyclic) bond motifs is 1. The van der Waals surface area contributed by atoms with Crippen LogP contribution in [0.1, 0.15) is 22.7 Å². The molecule has 8 heteroatoms. The Bertz CT molecular complexity index is 912. The number of nitro benzene ring substituents is 1. The molecule has 2 aromatic rings. The molecule has 0 amide bonds. The Labute approximate surface area is 146 Å². The van der Waals surface area contributed by atoms with E-state index in [1.54, 1.807) is 0 Å². The van der Waals surface area contributed by atoms with Crippen molar-refractivity contribution in [3.63, 3.8) is 0 Å². The van der Waals surface area contributed by atoms with Crippen molar-refractivity contribution >= 4 is 15.7 Å². The van der Waals surface area contributed by atoms with Gasteiger partial charge >= 0.3 is 0 Å². The summed E-state index contributed by atoms with van der Waals surface area (Å²) in [6, 6.07) is 11.7. The van der Waals surface area contributed by atoms with Crippen LogP contribution >= 0.6 is 0 Å². The molecule has 0 aromatic heterocycles. The molecule has 1 aliphatic heterocycles. The van der Waals surface area contributed by atoms with Crippen LogP contribution in [0, 0.1) is 17.0 Å². The van der Waals surface area contributed by atoms with Gasteiger partial charge < -0.3 is 5.32 Å². The highest BCUT2D eigenvalue weighted by atomic mass is 32.2. The first kappa shape index (κ1) is 17.5. The second-order valence-corrected chi connectivity index (χ2v) is 7.78. The van der Waals surface area contributed by atoms with Gasteiger partial charge in [0.15, 0.2) is 0 Å².